The average molecular weight is 274 g/mol. The SMILES string of the molecule is CC(N)CCCC(C)C(=O)NCC(C)(O)CC(=O)O. The van der Waals surface area contributed by atoms with Crippen LogP contribution in [0.5, 0.6) is 0 Å². The van der Waals surface area contributed by atoms with Crippen LogP contribution in [0.3, 0.4) is 0 Å². The monoisotopic (exact) mass is 274 g/mol. The molecule has 0 fully saturated rings. The summed E-state index contributed by atoms with van der Waals surface area (Å²) in [6.07, 6.45) is 2.08. The molecule has 112 valence electrons. The molecule has 6 nitrogen and oxygen atoms in total. The summed E-state index contributed by atoms with van der Waals surface area (Å²) in [5.41, 5.74) is 4.20. The fraction of sp³-hybridized carbons (Fsp3) is 0.846. The highest BCUT2D eigenvalue weighted by molar-refractivity contribution is 5.78. The second kappa shape index (κ2) is 8.12. The first kappa shape index (κ1) is 17.9. The van der Waals surface area contributed by atoms with Crippen molar-refractivity contribution in [3.63, 3.8) is 0 Å². The van der Waals surface area contributed by atoms with Gasteiger partial charge in [-0.1, -0.05) is 13.3 Å². The zero-order valence-corrected chi connectivity index (χ0v) is 12.0. The molecule has 0 aliphatic heterocycles. The number of carbonyl (C=O) groups excluding carboxylic acids is 1. The number of rotatable bonds is 9. The molecule has 0 bridgehead atoms. The van der Waals surface area contributed by atoms with Gasteiger partial charge in [0.05, 0.1) is 12.0 Å². The number of aliphatic hydroxyl groups is 1. The molecule has 0 rings (SSSR count). The molecular formula is C13H26N2O4. The Kier molecular flexibility index (Phi) is 7.63. The first-order valence-corrected chi connectivity index (χ1v) is 6.61. The summed E-state index contributed by atoms with van der Waals surface area (Å²) in [6.45, 7) is 5.06. The highest BCUT2D eigenvalue weighted by Crippen LogP contribution is 2.11. The van der Waals surface area contributed by atoms with Crippen LogP contribution in [0.15, 0.2) is 0 Å². The van der Waals surface area contributed by atoms with E-state index in [9.17, 15) is 14.7 Å². The number of hydrogen-bond acceptors (Lipinski definition) is 4. The highest BCUT2D eigenvalue weighted by Gasteiger charge is 2.25. The Morgan fingerprint density at radius 1 is 1.32 bits per heavy atom. The largest absolute Gasteiger partial charge is 0.481 e. The molecule has 1 amide bonds. The second-order valence-corrected chi connectivity index (χ2v) is 5.59. The van der Waals surface area contributed by atoms with E-state index < -0.39 is 18.0 Å². The maximum atomic E-state index is 11.8. The maximum Gasteiger partial charge on any atom is 0.306 e. The van der Waals surface area contributed by atoms with Crippen LogP contribution in [0.25, 0.3) is 0 Å². The molecule has 0 aromatic rings. The smallest absolute Gasteiger partial charge is 0.306 e. The number of aliphatic carboxylic acids is 1. The van der Waals surface area contributed by atoms with Gasteiger partial charge in [0, 0.05) is 18.5 Å². The zero-order valence-electron chi connectivity index (χ0n) is 12.0. The maximum absolute atomic E-state index is 11.8. The predicted molar refractivity (Wildman–Crippen MR) is 72.6 cm³/mol. The Morgan fingerprint density at radius 3 is 2.37 bits per heavy atom. The van der Waals surface area contributed by atoms with Crippen LogP contribution in [0.1, 0.15) is 46.5 Å². The van der Waals surface area contributed by atoms with Crippen LogP contribution >= 0.6 is 0 Å². The van der Waals surface area contributed by atoms with Gasteiger partial charge in [-0.05, 0) is 26.7 Å². The summed E-state index contributed by atoms with van der Waals surface area (Å²) < 4.78 is 0. The van der Waals surface area contributed by atoms with Crippen LogP contribution in [-0.2, 0) is 9.59 Å². The number of nitrogens with one attached hydrogen (secondary N) is 1. The number of nitrogens with two attached hydrogens (primary N) is 1. The molecule has 0 saturated carbocycles. The van der Waals surface area contributed by atoms with Crippen LogP contribution in [-0.4, -0.2) is 40.3 Å². The van der Waals surface area contributed by atoms with Gasteiger partial charge in [0.1, 0.15) is 0 Å². The Hall–Kier alpha value is -1.14. The average Bonchev–Trinajstić information content (AvgIpc) is 2.23. The van der Waals surface area contributed by atoms with Gasteiger partial charge in [-0.3, -0.25) is 9.59 Å². The lowest BCUT2D eigenvalue weighted by Gasteiger charge is -2.22. The first-order chi connectivity index (χ1) is 8.64. The zero-order chi connectivity index (χ0) is 15.1. The number of amides is 1. The first-order valence-electron chi connectivity index (χ1n) is 6.61. The van der Waals surface area contributed by atoms with Gasteiger partial charge in [-0.25, -0.2) is 0 Å². The Morgan fingerprint density at radius 2 is 1.89 bits per heavy atom. The topological polar surface area (TPSA) is 113 Å². The van der Waals surface area contributed by atoms with E-state index in [1.807, 2.05) is 13.8 Å². The molecule has 0 aromatic carbocycles. The van der Waals surface area contributed by atoms with Crippen molar-refractivity contribution in [2.75, 3.05) is 6.54 Å². The lowest BCUT2D eigenvalue weighted by Crippen LogP contribution is -2.43. The molecular weight excluding hydrogens is 248 g/mol. The molecule has 0 heterocycles. The number of carbonyl (C=O) groups is 2. The van der Waals surface area contributed by atoms with Crippen molar-refractivity contribution >= 4 is 11.9 Å². The summed E-state index contributed by atoms with van der Waals surface area (Å²) in [7, 11) is 0. The molecule has 0 radical (unpaired) electrons. The van der Waals surface area contributed by atoms with Crippen molar-refractivity contribution in [2.24, 2.45) is 11.7 Å². The Labute approximate surface area is 114 Å². The van der Waals surface area contributed by atoms with Gasteiger partial charge in [0.2, 0.25) is 5.91 Å². The Balaban J connectivity index is 3.99. The highest BCUT2D eigenvalue weighted by atomic mass is 16.4. The summed E-state index contributed by atoms with van der Waals surface area (Å²) in [5, 5.41) is 20.9. The second-order valence-electron chi connectivity index (χ2n) is 5.59. The molecule has 6 heteroatoms. The van der Waals surface area contributed by atoms with Crippen molar-refractivity contribution in [2.45, 2.75) is 58.1 Å². The summed E-state index contributed by atoms with van der Waals surface area (Å²) in [6, 6.07) is 0.131. The van der Waals surface area contributed by atoms with E-state index in [4.69, 9.17) is 10.8 Å². The number of carboxylic acids is 1. The lowest BCUT2D eigenvalue weighted by atomic mass is 9.99. The van der Waals surface area contributed by atoms with Gasteiger partial charge >= 0.3 is 5.97 Å². The molecule has 0 aliphatic rings. The van der Waals surface area contributed by atoms with Gasteiger partial charge in [-0.2, -0.15) is 0 Å². The van der Waals surface area contributed by atoms with E-state index in [1.54, 1.807) is 0 Å². The third-order valence-electron chi connectivity index (χ3n) is 2.92. The summed E-state index contributed by atoms with van der Waals surface area (Å²) >= 11 is 0. The molecule has 3 unspecified atom stereocenters. The fourth-order valence-corrected chi connectivity index (χ4v) is 1.72. The quantitative estimate of drug-likeness (QED) is 0.488. The standard InChI is InChI=1S/C13H26N2O4/c1-9(5-4-6-10(2)14)12(18)15-8-13(3,19)7-11(16)17/h9-10,19H,4-8,14H2,1-3H3,(H,15,18)(H,16,17). The third kappa shape index (κ3) is 9.44. The predicted octanol–water partition coefficient (Wildman–Crippen LogP) is 0.482. The molecule has 0 aromatic heterocycles. The van der Waals surface area contributed by atoms with Crippen LogP contribution in [0.4, 0.5) is 0 Å². The number of hydrogen-bond donors (Lipinski definition) is 4. The third-order valence-corrected chi connectivity index (χ3v) is 2.92. The van der Waals surface area contributed by atoms with Crippen molar-refractivity contribution in [1.29, 1.82) is 0 Å². The number of carboxylic acid groups (broad SMARTS) is 1. The lowest BCUT2D eigenvalue weighted by molar-refractivity contribution is -0.142. The minimum absolute atomic E-state index is 0.0598. The van der Waals surface area contributed by atoms with Crippen LogP contribution in [0, 0.1) is 5.92 Å². The van der Waals surface area contributed by atoms with E-state index in [1.165, 1.54) is 6.92 Å². The van der Waals surface area contributed by atoms with Crippen molar-refractivity contribution in [1.82, 2.24) is 5.32 Å². The van der Waals surface area contributed by atoms with E-state index in [0.717, 1.165) is 19.3 Å². The molecule has 5 N–H and O–H groups in total. The minimum atomic E-state index is -1.42. The van der Waals surface area contributed by atoms with E-state index in [-0.39, 0.29) is 24.4 Å². The summed E-state index contributed by atoms with van der Waals surface area (Å²) in [4.78, 5) is 22.3. The van der Waals surface area contributed by atoms with Gasteiger partial charge in [0.15, 0.2) is 0 Å². The van der Waals surface area contributed by atoms with E-state index in [0.29, 0.717) is 0 Å². The fourth-order valence-electron chi connectivity index (χ4n) is 1.72. The van der Waals surface area contributed by atoms with Crippen molar-refractivity contribution in [3.8, 4) is 0 Å². The normalized spacial score (nSPS) is 17.3. The van der Waals surface area contributed by atoms with Crippen LogP contribution in [0.2, 0.25) is 0 Å². The van der Waals surface area contributed by atoms with Crippen molar-refractivity contribution in [3.05, 3.63) is 0 Å². The van der Waals surface area contributed by atoms with Gasteiger partial charge in [0.25, 0.3) is 0 Å². The molecule has 19 heavy (non-hydrogen) atoms. The molecule has 0 spiro atoms. The minimum Gasteiger partial charge on any atom is -0.481 e. The van der Waals surface area contributed by atoms with E-state index in [2.05, 4.69) is 5.32 Å². The van der Waals surface area contributed by atoms with Gasteiger partial charge in [-0.15, -0.1) is 0 Å². The molecule has 0 saturated heterocycles. The molecule has 3 atom stereocenters. The summed E-state index contributed by atoms with van der Waals surface area (Å²) in [5.74, 6) is -1.43. The Bertz CT molecular complexity index is 303. The van der Waals surface area contributed by atoms with Crippen LogP contribution < -0.4 is 11.1 Å². The van der Waals surface area contributed by atoms with E-state index >= 15 is 0 Å². The van der Waals surface area contributed by atoms with Gasteiger partial charge < -0.3 is 21.3 Å². The van der Waals surface area contributed by atoms with Crippen molar-refractivity contribution < 1.29 is 19.8 Å². The molecule has 0 aliphatic carbocycles.